The number of ether oxygens (including phenoxy) is 4. The quantitative estimate of drug-likeness (QED) is 0.0453. The lowest BCUT2D eigenvalue weighted by Gasteiger charge is -2.40. The van der Waals surface area contributed by atoms with Crippen LogP contribution in [0.4, 0.5) is 35.1 Å². The van der Waals surface area contributed by atoms with Gasteiger partial charge in [0.25, 0.3) is 0 Å². The van der Waals surface area contributed by atoms with Gasteiger partial charge in [-0.3, -0.25) is 19.4 Å². The highest BCUT2D eigenvalue weighted by Crippen LogP contribution is 2.42. The molecule has 94 heavy (non-hydrogen) atoms. The fourth-order valence-corrected chi connectivity index (χ4v) is 14.5. The van der Waals surface area contributed by atoms with Crippen molar-refractivity contribution in [2.24, 2.45) is 0 Å². The van der Waals surface area contributed by atoms with Gasteiger partial charge in [0.2, 0.25) is 0 Å². The van der Waals surface area contributed by atoms with Crippen LogP contribution in [0.15, 0.2) is 172 Å². The van der Waals surface area contributed by atoms with E-state index >= 15 is 0 Å². The van der Waals surface area contributed by atoms with Crippen molar-refractivity contribution in [3.05, 3.63) is 173 Å². The molecule has 0 saturated carbocycles. The van der Waals surface area contributed by atoms with Gasteiger partial charge in [-0.25, -0.2) is 16.8 Å². The first-order valence-corrected chi connectivity index (χ1v) is 34.0. The Balaban J connectivity index is 0.000000222. The van der Waals surface area contributed by atoms with Gasteiger partial charge < -0.3 is 28.3 Å². The topological polar surface area (TPSA) is 164 Å². The maximum absolute atomic E-state index is 14.2. The highest BCUT2D eigenvalue weighted by atomic mass is 79.9. The summed E-state index contributed by atoms with van der Waals surface area (Å²) in [4.78, 5) is 31.5. The Hall–Kier alpha value is -6.42. The molecule has 510 valence electrons. The highest BCUT2D eigenvalue weighted by molar-refractivity contribution is 9.10. The summed E-state index contributed by atoms with van der Waals surface area (Å²) in [5.41, 5.74) is 1.33. The van der Waals surface area contributed by atoms with Crippen LogP contribution >= 0.6 is 15.9 Å². The van der Waals surface area contributed by atoms with E-state index in [1.807, 2.05) is 88.4 Å². The second kappa shape index (κ2) is 29.5. The minimum atomic E-state index is -4.63. The Bertz CT molecular complexity index is 3700. The molecule has 0 radical (unpaired) electrons. The molecule has 3 saturated heterocycles. The van der Waals surface area contributed by atoms with Crippen LogP contribution in [0, 0.1) is 0 Å². The van der Waals surface area contributed by atoms with Crippen molar-refractivity contribution in [2.45, 2.75) is 175 Å². The number of halogens is 9. The number of sulfone groups is 2. The molecule has 0 atom stereocenters. The standard InChI is InChI=1S/C31H33F4NO5S.C29H40BNO6S.C8H5BrF4O/c1-29(2,3)41-28(37)30(17-19-36(20-18-30)21-22-7-5-4-6-8-22)42(38,39)26-15-11-24(12-16-26)23-9-13-25(14-10-23)40-31(34,35)27(32)33;1-26(2,3)35-25(32)29(17-19-31(20-18-29)21-22-11-9-8-10-12-22)38(33,34)24-15-13-23(14-16-24)30-36-27(4,5)28(6,7)37-30;9-5-1-3-6(4-2-5)14-8(12,13)7(10)11/h4-16,27H,17-21H2,1-3H3;8-16H,17-21H2,1-7H3;1-4,7H. The number of piperidine rings is 2. The van der Waals surface area contributed by atoms with Crippen molar-refractivity contribution in [1.29, 1.82) is 0 Å². The first kappa shape index (κ1) is 75.0. The van der Waals surface area contributed by atoms with Gasteiger partial charge in [0.05, 0.1) is 21.0 Å². The number of alkyl halides is 8. The number of benzene rings is 6. The molecular formula is C68H78BBrF8N2O12S2. The molecule has 14 nitrogen and oxygen atoms in total. The fourth-order valence-electron chi connectivity index (χ4n) is 10.4. The molecule has 26 heteroatoms. The predicted molar refractivity (Wildman–Crippen MR) is 345 cm³/mol. The van der Waals surface area contributed by atoms with Crippen LogP contribution in [0.25, 0.3) is 11.1 Å². The van der Waals surface area contributed by atoms with Crippen LogP contribution in [-0.2, 0) is 61.1 Å². The molecule has 0 aromatic heterocycles. The largest absolute Gasteiger partial charge is 0.494 e. The maximum Gasteiger partial charge on any atom is 0.494 e. The summed E-state index contributed by atoms with van der Waals surface area (Å²) in [5.74, 6) is -2.21. The average Bonchev–Trinajstić information content (AvgIpc) is 0.893. The van der Waals surface area contributed by atoms with Crippen molar-refractivity contribution >= 4 is 60.1 Å². The Morgan fingerprint density at radius 3 is 1.13 bits per heavy atom. The molecule has 0 spiro atoms. The molecule has 0 N–H and O–H groups in total. The Morgan fingerprint density at radius 1 is 0.500 bits per heavy atom. The lowest BCUT2D eigenvalue weighted by atomic mass is 9.79. The van der Waals surface area contributed by atoms with E-state index in [1.54, 1.807) is 65.8 Å². The molecule has 0 amide bonds. The third-order valence-corrected chi connectivity index (χ3v) is 21.8. The molecule has 0 bridgehead atoms. The lowest BCUT2D eigenvalue weighted by molar-refractivity contribution is -0.253. The van der Waals surface area contributed by atoms with E-state index in [0.29, 0.717) is 54.9 Å². The van der Waals surface area contributed by atoms with Crippen LogP contribution in [0.2, 0.25) is 0 Å². The summed E-state index contributed by atoms with van der Waals surface area (Å²) in [6.07, 6.45) is -16.5. The first-order valence-electron chi connectivity index (χ1n) is 30.2. The van der Waals surface area contributed by atoms with Crippen LogP contribution in [0.5, 0.6) is 11.5 Å². The number of likely N-dealkylation sites (tertiary alicyclic amines) is 2. The highest BCUT2D eigenvalue weighted by Gasteiger charge is 2.57. The molecule has 3 aliphatic rings. The first-order chi connectivity index (χ1) is 43.6. The zero-order valence-electron chi connectivity index (χ0n) is 53.8. The van der Waals surface area contributed by atoms with Gasteiger partial charge in [-0.1, -0.05) is 113 Å². The second-order valence-corrected chi connectivity index (χ2v) is 31.5. The molecular weight excluding hydrogens is 1340 g/mol. The summed E-state index contributed by atoms with van der Waals surface area (Å²) >= 11 is 3.06. The van der Waals surface area contributed by atoms with E-state index < -0.39 is 101 Å². The molecule has 9 rings (SSSR count). The van der Waals surface area contributed by atoms with E-state index in [2.05, 4.69) is 35.2 Å². The van der Waals surface area contributed by atoms with Gasteiger partial charge in [0, 0.05) is 43.7 Å². The van der Waals surface area contributed by atoms with Gasteiger partial charge in [-0.2, -0.15) is 35.1 Å². The van der Waals surface area contributed by atoms with Crippen molar-refractivity contribution in [3.63, 3.8) is 0 Å². The third-order valence-electron chi connectivity index (χ3n) is 16.3. The predicted octanol–water partition coefficient (Wildman–Crippen LogP) is 14.6. The summed E-state index contributed by atoms with van der Waals surface area (Å²) in [5, 5.41) is 0. The van der Waals surface area contributed by atoms with Crippen molar-refractivity contribution in [1.82, 2.24) is 9.80 Å². The molecule has 0 aliphatic carbocycles. The van der Waals surface area contributed by atoms with Crippen molar-refractivity contribution in [3.8, 4) is 22.6 Å². The van der Waals surface area contributed by atoms with Gasteiger partial charge in [0.15, 0.2) is 29.2 Å². The number of nitrogens with zero attached hydrogens (tertiary/aromatic N) is 2. The van der Waals surface area contributed by atoms with Gasteiger partial charge in [0.1, 0.15) is 22.7 Å². The zero-order chi connectivity index (χ0) is 69.5. The summed E-state index contributed by atoms with van der Waals surface area (Å²) in [6, 6.07) is 42.4. The van der Waals surface area contributed by atoms with Crippen molar-refractivity contribution < 1.29 is 89.8 Å². The molecule has 3 aliphatic heterocycles. The molecule has 3 heterocycles. The number of esters is 2. The second-order valence-electron chi connectivity index (χ2n) is 26.1. The van der Waals surface area contributed by atoms with Crippen LogP contribution in [-0.4, -0.2) is 129 Å². The van der Waals surface area contributed by atoms with E-state index in [1.165, 1.54) is 60.7 Å². The molecule has 6 aromatic carbocycles. The normalized spacial score (nSPS) is 17.6. The Labute approximate surface area is 553 Å². The summed E-state index contributed by atoms with van der Waals surface area (Å²) in [7, 11) is -8.86. The monoisotopic (exact) mass is 1420 g/mol. The molecule has 0 unspecified atom stereocenters. The minimum Gasteiger partial charge on any atom is -0.459 e. The van der Waals surface area contributed by atoms with E-state index in [9.17, 15) is 61.5 Å². The van der Waals surface area contributed by atoms with E-state index in [-0.39, 0.29) is 41.2 Å². The lowest BCUT2D eigenvalue weighted by Crippen LogP contribution is -2.56. The summed E-state index contributed by atoms with van der Waals surface area (Å²) < 4.78 is 185. The number of carbonyl (C=O) groups is 2. The average molecular weight is 1420 g/mol. The fraction of sp³-hybridized carbons (Fsp3) is 0.441. The van der Waals surface area contributed by atoms with Crippen LogP contribution in [0.3, 0.4) is 0 Å². The Morgan fingerprint density at radius 2 is 0.809 bits per heavy atom. The maximum atomic E-state index is 14.2. The van der Waals surface area contributed by atoms with E-state index in [4.69, 9.17) is 18.8 Å². The van der Waals surface area contributed by atoms with Gasteiger partial charge >= 0.3 is 44.1 Å². The smallest absolute Gasteiger partial charge is 0.459 e. The van der Waals surface area contributed by atoms with Crippen LogP contribution < -0.4 is 14.9 Å². The van der Waals surface area contributed by atoms with Crippen molar-refractivity contribution in [2.75, 3.05) is 26.2 Å². The molecule has 3 fully saturated rings. The number of hydrogen-bond acceptors (Lipinski definition) is 14. The molecule has 6 aromatic rings. The number of carbonyl (C=O) groups excluding carboxylic acids is 2. The zero-order valence-corrected chi connectivity index (χ0v) is 57.0. The SMILES string of the molecule is CC(C)(C)OC(=O)C1(S(=O)(=O)c2ccc(-c3ccc(OC(F)(F)C(F)F)cc3)cc2)CCN(Cc2ccccc2)CC1.CC(C)(C)OC(=O)C1(S(=O)(=O)c2ccc(B3OC(C)(C)C(C)(C)O3)cc2)CCN(Cc2ccccc2)CC1.FC(F)C(F)(F)Oc1ccc(Br)cc1. The number of hydrogen-bond donors (Lipinski definition) is 0. The Kier molecular flexibility index (Phi) is 23.5. The minimum absolute atomic E-state index is 0.0508. The van der Waals surface area contributed by atoms with E-state index in [0.717, 1.165) is 28.7 Å². The van der Waals surface area contributed by atoms with Gasteiger partial charge in [-0.15, -0.1) is 0 Å². The van der Waals surface area contributed by atoms with Crippen LogP contribution in [0.1, 0.15) is 106 Å². The van der Waals surface area contributed by atoms with Gasteiger partial charge in [-0.05, 0) is 183 Å². The summed E-state index contributed by atoms with van der Waals surface area (Å²) in [6.45, 7) is 21.3. The third kappa shape index (κ3) is 18.4. The number of rotatable bonds is 18.